The van der Waals surface area contributed by atoms with Crippen molar-refractivity contribution >= 4 is 52.3 Å². The maximum atomic E-state index is 14.0. The molecule has 0 saturated carbocycles. The number of halogens is 2. The van der Waals surface area contributed by atoms with Gasteiger partial charge in [-0.05, 0) is 47.7 Å². The summed E-state index contributed by atoms with van der Waals surface area (Å²) in [5, 5.41) is 0.946. The van der Waals surface area contributed by atoms with Crippen LogP contribution in [0.4, 0.5) is 0 Å². The standard InChI is InChI=1S/C31H26Cl2N2O3S/c1-4-38-30(37)26-27(20-8-6-5-7-9-20)34-31-35(28(26)21-12-10-19(11-13-21)18(2)3)29(36)25(39-31)16-22-14-15-23(32)17-24(22)33/h5-18,28H,4H2,1-3H3/b25-16-/t28-/m1/s1. The quantitative estimate of drug-likeness (QED) is 0.251. The van der Waals surface area contributed by atoms with E-state index in [1.165, 1.54) is 11.3 Å². The number of hydrogen-bond acceptors (Lipinski definition) is 5. The zero-order valence-corrected chi connectivity index (χ0v) is 24.0. The Hall–Kier alpha value is -3.45. The van der Waals surface area contributed by atoms with Crippen molar-refractivity contribution in [2.75, 3.05) is 6.61 Å². The molecule has 1 aromatic heterocycles. The van der Waals surface area contributed by atoms with E-state index in [1.807, 2.05) is 54.6 Å². The number of aromatic nitrogens is 1. The molecule has 0 N–H and O–H groups in total. The second-order valence-corrected chi connectivity index (χ2v) is 11.3. The molecular formula is C31H26Cl2N2O3S. The zero-order chi connectivity index (χ0) is 27.7. The van der Waals surface area contributed by atoms with Gasteiger partial charge in [-0.3, -0.25) is 9.36 Å². The van der Waals surface area contributed by atoms with Crippen LogP contribution in [-0.2, 0) is 9.53 Å². The topological polar surface area (TPSA) is 60.7 Å². The summed E-state index contributed by atoms with van der Waals surface area (Å²) in [4.78, 5) is 32.9. The van der Waals surface area contributed by atoms with Gasteiger partial charge in [0, 0.05) is 15.6 Å². The van der Waals surface area contributed by atoms with Crippen molar-refractivity contribution in [1.29, 1.82) is 0 Å². The highest BCUT2D eigenvalue weighted by molar-refractivity contribution is 7.07. The lowest BCUT2D eigenvalue weighted by Crippen LogP contribution is -2.40. The summed E-state index contributed by atoms with van der Waals surface area (Å²) in [6, 6.07) is 21.9. The summed E-state index contributed by atoms with van der Waals surface area (Å²) in [5.74, 6) is -0.168. The van der Waals surface area contributed by atoms with Crippen LogP contribution < -0.4 is 14.9 Å². The van der Waals surface area contributed by atoms with Crippen molar-refractivity contribution in [1.82, 2.24) is 4.57 Å². The summed E-state index contributed by atoms with van der Waals surface area (Å²) in [5.41, 5.74) is 3.93. The molecule has 1 aliphatic heterocycles. The normalized spacial score (nSPS) is 15.3. The zero-order valence-electron chi connectivity index (χ0n) is 21.7. The van der Waals surface area contributed by atoms with E-state index >= 15 is 0 Å². The van der Waals surface area contributed by atoms with Gasteiger partial charge in [-0.2, -0.15) is 0 Å². The monoisotopic (exact) mass is 576 g/mol. The Morgan fingerprint density at radius 1 is 1.08 bits per heavy atom. The molecule has 0 saturated heterocycles. The minimum absolute atomic E-state index is 0.197. The predicted molar refractivity (Wildman–Crippen MR) is 158 cm³/mol. The van der Waals surface area contributed by atoms with Crippen molar-refractivity contribution in [2.24, 2.45) is 4.99 Å². The molecule has 0 amide bonds. The summed E-state index contributed by atoms with van der Waals surface area (Å²) in [6.07, 6.45) is 1.73. The molecule has 39 heavy (non-hydrogen) atoms. The molecule has 8 heteroatoms. The van der Waals surface area contributed by atoms with Gasteiger partial charge in [0.05, 0.1) is 28.5 Å². The van der Waals surface area contributed by atoms with Crippen molar-refractivity contribution in [3.05, 3.63) is 130 Å². The average Bonchev–Trinajstić information content (AvgIpc) is 3.24. The molecular weight excluding hydrogens is 551 g/mol. The number of fused-ring (bicyclic) bond motifs is 1. The van der Waals surface area contributed by atoms with E-state index in [-0.39, 0.29) is 12.2 Å². The molecule has 0 aliphatic carbocycles. The first-order valence-electron chi connectivity index (χ1n) is 12.6. The molecule has 0 bridgehead atoms. The first-order chi connectivity index (χ1) is 18.8. The molecule has 5 nitrogen and oxygen atoms in total. The van der Waals surface area contributed by atoms with Crippen molar-refractivity contribution in [3.8, 4) is 0 Å². The third-order valence-corrected chi connectivity index (χ3v) is 8.09. The number of carbonyl (C=O) groups excluding carboxylic acids is 1. The van der Waals surface area contributed by atoms with E-state index in [0.29, 0.717) is 42.1 Å². The predicted octanol–water partition coefficient (Wildman–Crippen LogP) is 6.37. The fourth-order valence-corrected chi connectivity index (χ4v) is 6.03. The fraction of sp³-hybridized carbons (Fsp3) is 0.194. The molecule has 1 aliphatic rings. The van der Waals surface area contributed by atoms with Gasteiger partial charge < -0.3 is 4.74 Å². The highest BCUT2D eigenvalue weighted by Gasteiger charge is 2.35. The van der Waals surface area contributed by atoms with E-state index in [4.69, 9.17) is 32.9 Å². The maximum Gasteiger partial charge on any atom is 0.338 e. The van der Waals surface area contributed by atoms with E-state index in [1.54, 1.807) is 35.8 Å². The van der Waals surface area contributed by atoms with E-state index < -0.39 is 12.0 Å². The SMILES string of the molecule is CCOC(=O)C1=C(c2ccccc2)N=c2s/c(=C\c3ccc(Cl)cc3Cl)c(=O)n2[C@@H]1c1ccc(C(C)C)cc1. The van der Waals surface area contributed by atoms with Crippen LogP contribution in [0, 0.1) is 0 Å². The lowest BCUT2D eigenvalue weighted by Gasteiger charge is -2.26. The largest absolute Gasteiger partial charge is 0.463 e. The fourth-order valence-electron chi connectivity index (χ4n) is 4.58. The van der Waals surface area contributed by atoms with Crippen LogP contribution in [0.15, 0.2) is 88.2 Å². The number of ether oxygens (including phenoxy) is 1. The smallest absolute Gasteiger partial charge is 0.338 e. The van der Waals surface area contributed by atoms with Crippen LogP contribution in [-0.4, -0.2) is 17.1 Å². The van der Waals surface area contributed by atoms with Crippen LogP contribution in [0.3, 0.4) is 0 Å². The lowest BCUT2D eigenvalue weighted by molar-refractivity contribution is -0.138. The molecule has 0 fully saturated rings. The van der Waals surface area contributed by atoms with E-state index in [0.717, 1.165) is 16.7 Å². The van der Waals surface area contributed by atoms with Crippen molar-refractivity contribution in [3.63, 3.8) is 0 Å². The van der Waals surface area contributed by atoms with Gasteiger partial charge in [-0.25, -0.2) is 9.79 Å². The first-order valence-corrected chi connectivity index (χ1v) is 14.2. The first kappa shape index (κ1) is 27.1. The van der Waals surface area contributed by atoms with Gasteiger partial charge in [0.2, 0.25) is 0 Å². The van der Waals surface area contributed by atoms with Crippen molar-refractivity contribution < 1.29 is 9.53 Å². The number of nitrogens with zero attached hydrogens (tertiary/aromatic N) is 2. The molecule has 198 valence electrons. The Kier molecular flexibility index (Phi) is 7.89. The molecule has 0 unspecified atom stereocenters. The number of rotatable bonds is 6. The molecule has 1 atom stereocenters. The summed E-state index contributed by atoms with van der Waals surface area (Å²) >= 11 is 13.7. The molecule has 0 spiro atoms. The Balaban J connectivity index is 1.82. The highest BCUT2D eigenvalue weighted by atomic mass is 35.5. The summed E-state index contributed by atoms with van der Waals surface area (Å²) < 4.78 is 7.56. The van der Waals surface area contributed by atoms with Gasteiger partial charge in [-0.15, -0.1) is 0 Å². The van der Waals surface area contributed by atoms with Crippen LogP contribution >= 0.6 is 34.5 Å². The number of carbonyl (C=O) groups is 1. The van der Waals surface area contributed by atoms with Crippen LogP contribution in [0.5, 0.6) is 0 Å². The summed E-state index contributed by atoms with van der Waals surface area (Å²) in [7, 11) is 0. The second-order valence-electron chi connectivity index (χ2n) is 9.42. The molecule has 2 heterocycles. The van der Waals surface area contributed by atoms with Gasteiger partial charge in [-0.1, -0.05) is 109 Å². The Labute approximate surface area is 240 Å². The Morgan fingerprint density at radius 3 is 2.44 bits per heavy atom. The molecule has 0 radical (unpaired) electrons. The van der Waals surface area contributed by atoms with E-state index in [2.05, 4.69) is 13.8 Å². The van der Waals surface area contributed by atoms with Crippen LogP contribution in [0.25, 0.3) is 11.8 Å². The van der Waals surface area contributed by atoms with Gasteiger partial charge in [0.1, 0.15) is 0 Å². The molecule has 4 aromatic rings. The highest BCUT2D eigenvalue weighted by Crippen LogP contribution is 2.35. The number of thiazole rings is 1. The van der Waals surface area contributed by atoms with Gasteiger partial charge in [0.25, 0.3) is 5.56 Å². The minimum Gasteiger partial charge on any atom is -0.463 e. The van der Waals surface area contributed by atoms with Crippen LogP contribution in [0.2, 0.25) is 10.0 Å². The Morgan fingerprint density at radius 2 is 1.79 bits per heavy atom. The number of hydrogen-bond donors (Lipinski definition) is 0. The third-order valence-electron chi connectivity index (χ3n) is 6.54. The molecule has 3 aromatic carbocycles. The minimum atomic E-state index is -0.723. The van der Waals surface area contributed by atoms with E-state index in [9.17, 15) is 9.59 Å². The maximum absolute atomic E-state index is 14.0. The van der Waals surface area contributed by atoms with Crippen molar-refractivity contribution in [2.45, 2.75) is 32.7 Å². The third kappa shape index (κ3) is 5.37. The second kappa shape index (κ2) is 11.3. The van der Waals surface area contributed by atoms with Gasteiger partial charge in [0.15, 0.2) is 4.80 Å². The van der Waals surface area contributed by atoms with Gasteiger partial charge >= 0.3 is 5.97 Å². The molecule has 5 rings (SSSR count). The average molecular weight is 578 g/mol. The number of benzene rings is 3. The van der Waals surface area contributed by atoms with Crippen LogP contribution in [0.1, 0.15) is 55.0 Å². The Bertz CT molecular complexity index is 1750. The lowest BCUT2D eigenvalue weighted by atomic mass is 9.91. The summed E-state index contributed by atoms with van der Waals surface area (Å²) in [6.45, 7) is 6.20. The number of esters is 1.